The molecular formula is C33H41N5O5Si. The number of aliphatic hydroxyl groups excluding tert-OH is 1. The number of anilines is 2. The molecule has 4 heterocycles. The van der Waals surface area contributed by atoms with Crippen LogP contribution in [-0.4, -0.2) is 64.2 Å². The van der Waals surface area contributed by atoms with Crippen molar-refractivity contribution in [2.24, 2.45) is 5.92 Å². The van der Waals surface area contributed by atoms with Gasteiger partial charge in [0.05, 0.1) is 18.0 Å². The van der Waals surface area contributed by atoms with Crippen LogP contribution < -0.4 is 9.80 Å². The minimum atomic E-state index is -2.85. The molecule has 1 aromatic heterocycles. The first-order valence-corrected chi connectivity index (χ1v) is 18.5. The summed E-state index contributed by atoms with van der Waals surface area (Å²) in [7, 11) is -2.85. The molecule has 6 rings (SSSR count). The van der Waals surface area contributed by atoms with Gasteiger partial charge in [-0.25, -0.2) is 0 Å². The van der Waals surface area contributed by atoms with Crippen LogP contribution >= 0.6 is 0 Å². The SMILES string of the molecule is C=CCN1C(=O)[C@@]2(O[C@@H](CCn3cc([C@H](O)c4ccccc4)nn3)[C@H]([Si](C)(C)O)[C@H]2C)c2cc(N3CCCCC3=O)ccc21. The summed E-state index contributed by atoms with van der Waals surface area (Å²) in [5.74, 6) is -0.400. The van der Waals surface area contributed by atoms with Gasteiger partial charge in [-0.05, 0) is 56.1 Å². The minimum absolute atomic E-state index is 0.0853. The van der Waals surface area contributed by atoms with Crippen LogP contribution in [0.3, 0.4) is 0 Å². The molecule has 232 valence electrons. The molecule has 2 N–H and O–H groups in total. The van der Waals surface area contributed by atoms with Gasteiger partial charge in [0.1, 0.15) is 11.8 Å². The first-order chi connectivity index (χ1) is 21.1. The van der Waals surface area contributed by atoms with E-state index in [2.05, 4.69) is 16.9 Å². The van der Waals surface area contributed by atoms with Crippen molar-refractivity contribution in [2.45, 2.75) is 75.6 Å². The molecule has 0 saturated carbocycles. The van der Waals surface area contributed by atoms with Crippen LogP contribution in [0, 0.1) is 5.92 Å². The summed E-state index contributed by atoms with van der Waals surface area (Å²) < 4.78 is 8.60. The number of benzene rings is 2. The minimum Gasteiger partial charge on any atom is -0.432 e. The van der Waals surface area contributed by atoms with E-state index in [0.29, 0.717) is 38.2 Å². The molecule has 2 fully saturated rings. The summed E-state index contributed by atoms with van der Waals surface area (Å²) in [6.07, 6.45) is 4.93. The number of aryl methyl sites for hydroxylation is 1. The summed E-state index contributed by atoms with van der Waals surface area (Å²) in [4.78, 5) is 42.3. The van der Waals surface area contributed by atoms with Crippen molar-refractivity contribution in [3.8, 4) is 0 Å². The lowest BCUT2D eigenvalue weighted by molar-refractivity contribution is -0.145. The van der Waals surface area contributed by atoms with Crippen molar-refractivity contribution >= 4 is 31.5 Å². The fourth-order valence-corrected chi connectivity index (χ4v) is 10.1. The number of carbonyl (C=O) groups is 2. The summed E-state index contributed by atoms with van der Waals surface area (Å²) in [6.45, 7) is 11.1. The highest BCUT2D eigenvalue weighted by Crippen LogP contribution is 2.60. The Morgan fingerprint density at radius 1 is 1.18 bits per heavy atom. The quantitative estimate of drug-likeness (QED) is 0.272. The van der Waals surface area contributed by atoms with Crippen LogP contribution in [0.5, 0.6) is 0 Å². The van der Waals surface area contributed by atoms with Crippen LogP contribution in [0.15, 0.2) is 67.4 Å². The molecule has 2 saturated heterocycles. The zero-order valence-electron chi connectivity index (χ0n) is 25.6. The molecule has 0 radical (unpaired) electrons. The van der Waals surface area contributed by atoms with Crippen molar-refractivity contribution in [3.63, 3.8) is 0 Å². The van der Waals surface area contributed by atoms with E-state index in [1.165, 1.54) is 0 Å². The lowest BCUT2D eigenvalue weighted by atomic mass is 9.82. The molecule has 1 spiro atoms. The summed E-state index contributed by atoms with van der Waals surface area (Å²) in [5, 5.41) is 19.2. The number of fused-ring (bicyclic) bond motifs is 2. The van der Waals surface area contributed by atoms with Crippen molar-refractivity contribution in [1.82, 2.24) is 15.0 Å². The maximum absolute atomic E-state index is 14.4. The Balaban J connectivity index is 1.32. The lowest BCUT2D eigenvalue weighted by Crippen LogP contribution is -2.46. The average Bonchev–Trinajstić information content (AvgIpc) is 3.67. The predicted octanol–water partition coefficient (Wildman–Crippen LogP) is 4.30. The number of hydrogen-bond acceptors (Lipinski definition) is 7. The Morgan fingerprint density at radius 2 is 1.95 bits per heavy atom. The van der Waals surface area contributed by atoms with Gasteiger partial charge in [0.2, 0.25) is 5.91 Å². The van der Waals surface area contributed by atoms with Crippen molar-refractivity contribution < 1.29 is 24.2 Å². The molecule has 11 heteroatoms. The normalized spacial score (nSPS) is 26.0. The van der Waals surface area contributed by atoms with Gasteiger partial charge in [-0.2, -0.15) is 0 Å². The number of piperidine rings is 1. The molecule has 2 aromatic carbocycles. The third-order valence-electron chi connectivity index (χ3n) is 9.51. The summed E-state index contributed by atoms with van der Waals surface area (Å²) >= 11 is 0. The van der Waals surface area contributed by atoms with Gasteiger partial charge in [0.15, 0.2) is 13.9 Å². The highest BCUT2D eigenvalue weighted by molar-refractivity contribution is 6.71. The fraction of sp³-hybridized carbons (Fsp3) is 0.455. The molecule has 0 aliphatic carbocycles. The number of nitrogens with zero attached hydrogens (tertiary/aromatic N) is 5. The second kappa shape index (κ2) is 11.7. The number of amides is 2. The van der Waals surface area contributed by atoms with E-state index in [1.54, 1.807) is 21.9 Å². The Bertz CT molecular complexity index is 1560. The second-order valence-corrected chi connectivity index (χ2v) is 16.8. The topological polar surface area (TPSA) is 121 Å². The standard InChI is InChI=1S/C33H41N5O5Si/c1-5-17-38-27-15-14-24(37-18-10-9-13-29(37)39)20-25(27)33(32(38)41)22(2)31(44(3,4)42)28(43-33)16-19-36-21-26(34-35-36)30(40)23-11-7-6-8-12-23/h5-8,11-12,14-15,20-22,28,30-31,40,42H,1,9-10,13,16-19H2,2-4H3/t22-,28+,30-,31-,33+/m1/s1. The van der Waals surface area contributed by atoms with Gasteiger partial charge < -0.3 is 24.4 Å². The third-order valence-corrected chi connectivity index (χ3v) is 12.0. The smallest absolute Gasteiger partial charge is 0.264 e. The number of ether oxygens (including phenoxy) is 1. The van der Waals surface area contributed by atoms with E-state index in [4.69, 9.17) is 4.74 Å². The van der Waals surface area contributed by atoms with Crippen LogP contribution in [0.25, 0.3) is 0 Å². The van der Waals surface area contributed by atoms with Crippen LogP contribution in [0.1, 0.15) is 55.5 Å². The van der Waals surface area contributed by atoms with Gasteiger partial charge in [-0.3, -0.25) is 14.3 Å². The number of aromatic nitrogens is 3. The number of rotatable bonds is 9. The predicted molar refractivity (Wildman–Crippen MR) is 170 cm³/mol. The summed E-state index contributed by atoms with van der Waals surface area (Å²) in [6, 6.07) is 15.1. The fourth-order valence-electron chi connectivity index (χ4n) is 7.51. The Morgan fingerprint density at radius 3 is 2.66 bits per heavy atom. The van der Waals surface area contributed by atoms with Gasteiger partial charge in [-0.15, -0.1) is 11.7 Å². The van der Waals surface area contributed by atoms with Gasteiger partial charge in [0, 0.05) is 48.8 Å². The zero-order chi connectivity index (χ0) is 31.2. The van der Waals surface area contributed by atoms with Gasteiger partial charge >= 0.3 is 0 Å². The molecular weight excluding hydrogens is 574 g/mol. The molecule has 44 heavy (non-hydrogen) atoms. The number of carbonyl (C=O) groups excluding carboxylic acids is 2. The Kier molecular flexibility index (Phi) is 8.08. The lowest BCUT2D eigenvalue weighted by Gasteiger charge is -2.33. The highest BCUT2D eigenvalue weighted by atomic mass is 28.4. The molecule has 10 nitrogen and oxygen atoms in total. The van der Waals surface area contributed by atoms with Crippen LogP contribution in [0.4, 0.5) is 11.4 Å². The molecule has 3 aliphatic heterocycles. The molecule has 5 atom stereocenters. The maximum Gasteiger partial charge on any atom is 0.264 e. The van der Waals surface area contributed by atoms with Crippen molar-refractivity contribution in [1.29, 1.82) is 0 Å². The Labute approximate surface area is 259 Å². The number of aliphatic hydroxyl groups is 1. The monoisotopic (exact) mass is 615 g/mol. The molecule has 3 aromatic rings. The van der Waals surface area contributed by atoms with E-state index in [1.807, 2.05) is 73.4 Å². The van der Waals surface area contributed by atoms with Gasteiger partial charge in [-0.1, -0.05) is 48.5 Å². The second-order valence-electron chi connectivity index (χ2n) is 12.8. The molecule has 0 unspecified atom stereocenters. The molecule has 2 amide bonds. The van der Waals surface area contributed by atoms with E-state index >= 15 is 0 Å². The summed E-state index contributed by atoms with van der Waals surface area (Å²) in [5.41, 5.74) is 1.89. The van der Waals surface area contributed by atoms with Crippen LogP contribution in [-0.2, 0) is 26.5 Å². The average molecular weight is 616 g/mol. The first-order valence-electron chi connectivity index (χ1n) is 15.5. The third kappa shape index (κ3) is 5.11. The zero-order valence-corrected chi connectivity index (χ0v) is 26.6. The van der Waals surface area contributed by atoms with E-state index < -0.39 is 26.1 Å². The first kappa shape index (κ1) is 30.4. The van der Waals surface area contributed by atoms with Gasteiger partial charge in [0.25, 0.3) is 5.91 Å². The van der Waals surface area contributed by atoms with E-state index in [-0.39, 0.29) is 23.3 Å². The van der Waals surface area contributed by atoms with E-state index in [0.717, 1.165) is 35.3 Å². The van der Waals surface area contributed by atoms with E-state index in [9.17, 15) is 19.5 Å². The maximum atomic E-state index is 14.4. The highest BCUT2D eigenvalue weighted by Gasteiger charge is 2.66. The van der Waals surface area contributed by atoms with Crippen molar-refractivity contribution in [2.75, 3.05) is 22.9 Å². The molecule has 0 bridgehead atoms. The van der Waals surface area contributed by atoms with Crippen LogP contribution in [0.2, 0.25) is 18.6 Å². The Hall–Kier alpha value is -3.64. The molecule has 3 aliphatic rings. The van der Waals surface area contributed by atoms with Crippen molar-refractivity contribution in [3.05, 3.63) is 84.2 Å². The largest absolute Gasteiger partial charge is 0.432 e. The number of hydrogen-bond donors (Lipinski definition) is 2.